The van der Waals surface area contributed by atoms with Gasteiger partial charge < -0.3 is 10.5 Å². The first-order valence-electron chi connectivity index (χ1n) is 5.49. The average molecular weight is 293 g/mol. The molecular formula is C12H11N3O4S. The molecule has 1 amide bonds. The molecule has 0 fully saturated rings. The highest BCUT2D eigenvalue weighted by atomic mass is 32.2. The van der Waals surface area contributed by atoms with Crippen LogP contribution in [0.3, 0.4) is 0 Å². The molecule has 0 radical (unpaired) electrons. The zero-order chi connectivity index (χ0) is 14.8. The minimum Gasteiger partial charge on any atom is -0.619 e. The van der Waals surface area contributed by atoms with Crippen molar-refractivity contribution in [2.45, 2.75) is 4.90 Å². The monoisotopic (exact) mass is 293 g/mol. The first-order chi connectivity index (χ1) is 9.36. The van der Waals surface area contributed by atoms with E-state index < -0.39 is 15.9 Å². The Labute approximate surface area is 115 Å². The number of carbonyl (C=O) groups is 1. The van der Waals surface area contributed by atoms with E-state index in [-0.39, 0.29) is 10.5 Å². The number of nitrogens with zero attached hydrogens (tertiary/aromatic N) is 1. The molecule has 0 atom stereocenters. The number of amides is 1. The predicted octanol–water partition coefficient (Wildman–Crippen LogP) is 0.220. The third-order valence-corrected chi connectivity index (χ3v) is 3.41. The van der Waals surface area contributed by atoms with Crippen molar-refractivity contribution in [2.75, 3.05) is 5.32 Å². The van der Waals surface area contributed by atoms with Crippen LogP contribution in [0.1, 0.15) is 10.4 Å². The lowest BCUT2D eigenvalue weighted by Gasteiger charge is -2.05. The van der Waals surface area contributed by atoms with E-state index in [1.165, 1.54) is 42.6 Å². The molecule has 0 bridgehead atoms. The molecule has 0 aliphatic rings. The number of nitrogens with one attached hydrogen (secondary N) is 1. The van der Waals surface area contributed by atoms with Gasteiger partial charge in [0.2, 0.25) is 10.0 Å². The number of primary sulfonamides is 1. The van der Waals surface area contributed by atoms with Crippen molar-refractivity contribution in [3.63, 3.8) is 0 Å². The normalized spacial score (nSPS) is 11.1. The lowest BCUT2D eigenvalue weighted by molar-refractivity contribution is -0.605. The van der Waals surface area contributed by atoms with E-state index >= 15 is 0 Å². The van der Waals surface area contributed by atoms with Gasteiger partial charge in [-0.25, -0.2) is 13.6 Å². The fraction of sp³-hybridized carbons (Fsp3) is 0. The van der Waals surface area contributed by atoms with Gasteiger partial charge in [0.25, 0.3) is 5.91 Å². The summed E-state index contributed by atoms with van der Waals surface area (Å²) in [5.74, 6) is -0.474. The smallest absolute Gasteiger partial charge is 0.261 e. The van der Waals surface area contributed by atoms with Crippen LogP contribution in [0, 0.1) is 5.21 Å². The molecule has 7 nitrogen and oxygen atoms in total. The Kier molecular flexibility index (Phi) is 3.68. The fourth-order valence-electron chi connectivity index (χ4n) is 1.52. The molecule has 0 saturated carbocycles. The van der Waals surface area contributed by atoms with Crippen molar-refractivity contribution in [2.24, 2.45) is 5.14 Å². The van der Waals surface area contributed by atoms with E-state index in [2.05, 4.69) is 5.32 Å². The van der Waals surface area contributed by atoms with Crippen LogP contribution in [0.2, 0.25) is 0 Å². The summed E-state index contributed by atoms with van der Waals surface area (Å²) in [6.07, 6.45) is 2.39. The van der Waals surface area contributed by atoms with Crippen LogP contribution in [0.25, 0.3) is 0 Å². The zero-order valence-electron chi connectivity index (χ0n) is 10.2. The number of pyridine rings is 1. The van der Waals surface area contributed by atoms with E-state index in [1.807, 2.05) is 0 Å². The van der Waals surface area contributed by atoms with Gasteiger partial charge in [-0.15, -0.1) is 0 Å². The summed E-state index contributed by atoms with van der Waals surface area (Å²) in [6.45, 7) is 0. The third kappa shape index (κ3) is 3.31. The van der Waals surface area contributed by atoms with Crippen LogP contribution in [-0.4, -0.2) is 14.3 Å². The summed E-state index contributed by atoms with van der Waals surface area (Å²) >= 11 is 0. The number of nitrogens with two attached hydrogens (primary N) is 1. The Balaban J connectivity index is 2.16. The standard InChI is InChI=1S/C12H11N3O4S/c13-20(18,19)11-5-3-10(4-6-11)14-12(16)9-2-1-7-15(17)8-9/h1-8H,(H,14,16)(H2,13,18,19). The van der Waals surface area contributed by atoms with Crippen molar-refractivity contribution in [3.05, 3.63) is 59.6 Å². The van der Waals surface area contributed by atoms with Crippen LogP contribution in [0.4, 0.5) is 5.69 Å². The second-order valence-electron chi connectivity index (χ2n) is 3.98. The molecule has 0 aliphatic heterocycles. The van der Waals surface area contributed by atoms with Gasteiger partial charge in [0.1, 0.15) is 5.56 Å². The van der Waals surface area contributed by atoms with E-state index in [4.69, 9.17) is 5.14 Å². The minimum absolute atomic E-state index is 0.0485. The van der Waals surface area contributed by atoms with Gasteiger partial charge in [-0.05, 0) is 30.3 Å². The molecular weight excluding hydrogens is 282 g/mol. The highest BCUT2D eigenvalue weighted by molar-refractivity contribution is 7.89. The second-order valence-corrected chi connectivity index (χ2v) is 5.54. The summed E-state index contributed by atoms with van der Waals surface area (Å²) in [7, 11) is -3.76. The first kappa shape index (κ1) is 14.0. The molecule has 8 heteroatoms. The summed E-state index contributed by atoms with van der Waals surface area (Å²) in [4.78, 5) is 11.8. The molecule has 104 valence electrons. The summed E-state index contributed by atoms with van der Waals surface area (Å²) in [5, 5.41) is 18.6. The molecule has 0 aliphatic carbocycles. The molecule has 20 heavy (non-hydrogen) atoms. The summed E-state index contributed by atoms with van der Waals surface area (Å²) < 4.78 is 22.7. The maximum atomic E-state index is 11.8. The molecule has 3 N–H and O–H groups in total. The van der Waals surface area contributed by atoms with Crippen LogP contribution in [0.5, 0.6) is 0 Å². The Morgan fingerprint density at radius 1 is 1.20 bits per heavy atom. The van der Waals surface area contributed by atoms with Crippen LogP contribution >= 0.6 is 0 Å². The van der Waals surface area contributed by atoms with Gasteiger partial charge >= 0.3 is 0 Å². The SMILES string of the molecule is NS(=O)(=O)c1ccc(NC(=O)c2ccc[n+]([O-])c2)cc1. The number of aromatic nitrogens is 1. The first-order valence-corrected chi connectivity index (χ1v) is 7.04. The minimum atomic E-state index is -3.76. The van der Waals surface area contributed by atoms with E-state index in [0.717, 1.165) is 6.20 Å². The average Bonchev–Trinajstić information content (AvgIpc) is 2.38. The maximum Gasteiger partial charge on any atom is 0.261 e. The van der Waals surface area contributed by atoms with Gasteiger partial charge in [0.15, 0.2) is 12.4 Å². The van der Waals surface area contributed by atoms with Gasteiger partial charge in [0.05, 0.1) is 4.90 Å². The maximum absolute atomic E-state index is 11.8. The molecule has 1 heterocycles. The van der Waals surface area contributed by atoms with Gasteiger partial charge in [-0.2, -0.15) is 4.73 Å². The number of anilines is 1. The van der Waals surface area contributed by atoms with Crippen molar-refractivity contribution in [3.8, 4) is 0 Å². The number of hydrogen-bond donors (Lipinski definition) is 2. The van der Waals surface area contributed by atoms with Crippen LogP contribution in [-0.2, 0) is 10.0 Å². The van der Waals surface area contributed by atoms with Gasteiger partial charge in [0, 0.05) is 11.8 Å². The second kappa shape index (κ2) is 5.27. The molecule has 1 aromatic carbocycles. The van der Waals surface area contributed by atoms with Crippen molar-refractivity contribution >= 4 is 21.6 Å². The molecule has 0 saturated heterocycles. The van der Waals surface area contributed by atoms with Gasteiger partial charge in [-0.1, -0.05) is 0 Å². The largest absolute Gasteiger partial charge is 0.619 e. The highest BCUT2D eigenvalue weighted by Crippen LogP contribution is 2.13. The molecule has 0 unspecified atom stereocenters. The molecule has 1 aromatic heterocycles. The zero-order valence-corrected chi connectivity index (χ0v) is 11.0. The summed E-state index contributed by atoms with van der Waals surface area (Å²) in [5.41, 5.74) is 0.585. The number of carbonyl (C=O) groups excluding carboxylic acids is 1. The summed E-state index contributed by atoms with van der Waals surface area (Å²) in [6, 6.07) is 8.32. The Morgan fingerprint density at radius 3 is 2.40 bits per heavy atom. The predicted molar refractivity (Wildman–Crippen MR) is 71.2 cm³/mol. The Morgan fingerprint density at radius 2 is 1.85 bits per heavy atom. The van der Waals surface area contributed by atoms with E-state index in [0.29, 0.717) is 10.4 Å². The van der Waals surface area contributed by atoms with E-state index in [9.17, 15) is 18.4 Å². The van der Waals surface area contributed by atoms with E-state index in [1.54, 1.807) is 0 Å². The van der Waals surface area contributed by atoms with Crippen LogP contribution in [0.15, 0.2) is 53.7 Å². The third-order valence-electron chi connectivity index (χ3n) is 2.48. The fourth-order valence-corrected chi connectivity index (χ4v) is 2.04. The van der Waals surface area contributed by atoms with Crippen LogP contribution < -0.4 is 15.2 Å². The number of benzene rings is 1. The van der Waals surface area contributed by atoms with Crippen molar-refractivity contribution < 1.29 is 17.9 Å². The lowest BCUT2D eigenvalue weighted by atomic mass is 10.2. The van der Waals surface area contributed by atoms with Crippen molar-refractivity contribution in [1.82, 2.24) is 0 Å². The quantitative estimate of drug-likeness (QED) is 0.622. The van der Waals surface area contributed by atoms with Crippen molar-refractivity contribution in [1.29, 1.82) is 0 Å². The lowest BCUT2D eigenvalue weighted by Crippen LogP contribution is -2.27. The molecule has 0 spiro atoms. The number of sulfonamides is 1. The number of hydrogen-bond acceptors (Lipinski definition) is 4. The Hall–Kier alpha value is -2.45. The topological polar surface area (TPSA) is 116 Å². The Bertz CT molecular complexity index is 742. The van der Waals surface area contributed by atoms with Gasteiger partial charge in [-0.3, -0.25) is 4.79 Å². The molecule has 2 aromatic rings. The highest BCUT2D eigenvalue weighted by Gasteiger charge is 2.10. The molecule has 2 rings (SSSR count). The number of rotatable bonds is 3.